The molecule has 2 aliphatic rings. The van der Waals surface area contributed by atoms with E-state index in [0.29, 0.717) is 41.5 Å². The Hall–Kier alpha value is -3.91. The van der Waals surface area contributed by atoms with Crippen molar-refractivity contribution >= 4 is 26.6 Å². The minimum Gasteiger partial charge on any atom is -0.381 e. The van der Waals surface area contributed by atoms with E-state index in [1.54, 1.807) is 37.4 Å². The number of alkyl halides is 4. The van der Waals surface area contributed by atoms with Crippen LogP contribution in [0.15, 0.2) is 77.7 Å². The summed E-state index contributed by atoms with van der Waals surface area (Å²) in [7, 11) is -2.02. The summed E-state index contributed by atoms with van der Waals surface area (Å²) in [5, 5.41) is 2.35. The van der Waals surface area contributed by atoms with E-state index in [0.717, 1.165) is 45.0 Å². The first-order valence-electron chi connectivity index (χ1n) is 17.1. The fraction of sp³-hybridized carbons (Fsp3) is 0.421. The van der Waals surface area contributed by atoms with Crippen molar-refractivity contribution in [2.24, 2.45) is 0 Å². The van der Waals surface area contributed by atoms with E-state index in [4.69, 9.17) is 9.72 Å². The number of likely N-dealkylation sites (tertiary alicyclic amines) is 2. The minimum absolute atomic E-state index is 0.0971. The van der Waals surface area contributed by atoms with Crippen LogP contribution in [0.4, 0.5) is 17.6 Å². The van der Waals surface area contributed by atoms with Gasteiger partial charge in [-0.1, -0.05) is 48.5 Å². The van der Waals surface area contributed by atoms with Crippen LogP contribution in [-0.2, 0) is 27.8 Å². The molecule has 272 valence electrons. The number of rotatable bonds is 10. The summed E-state index contributed by atoms with van der Waals surface area (Å²) < 4.78 is 88.6. The SMILES string of the molecule is COC1CCN(C2CCN(Cc3c(-c4cccc(CF)c4)nc4ccc(S(C)(=O)=O)cc4c3C(=O)N[C@H](c3ccccc3)C(F)(F)F)CC2)CC1. The maximum absolute atomic E-state index is 14.6. The monoisotopic (exact) mass is 726 g/mol. The van der Waals surface area contributed by atoms with Crippen molar-refractivity contribution in [3.63, 3.8) is 0 Å². The number of pyridine rings is 1. The molecule has 2 saturated heterocycles. The number of fused-ring (bicyclic) bond motifs is 1. The van der Waals surface area contributed by atoms with Gasteiger partial charge in [-0.2, -0.15) is 13.2 Å². The number of hydrogen-bond donors (Lipinski definition) is 1. The van der Waals surface area contributed by atoms with E-state index in [2.05, 4.69) is 15.1 Å². The Bertz CT molecular complexity index is 1960. The molecular formula is C38H42F4N4O4S. The summed E-state index contributed by atoms with van der Waals surface area (Å²) in [5.74, 6) is -1.02. The number of carbonyl (C=O) groups is 1. The fourth-order valence-corrected chi connectivity index (χ4v) is 7.96. The number of aromatic nitrogens is 1. The molecule has 0 bridgehead atoms. The topological polar surface area (TPSA) is 91.8 Å². The first kappa shape index (κ1) is 36.9. The average Bonchev–Trinajstić information content (AvgIpc) is 3.13. The van der Waals surface area contributed by atoms with E-state index in [1.807, 2.05) is 0 Å². The smallest absolute Gasteiger partial charge is 0.381 e. The largest absolute Gasteiger partial charge is 0.412 e. The maximum atomic E-state index is 14.6. The second-order valence-electron chi connectivity index (χ2n) is 13.4. The number of amides is 1. The number of benzene rings is 3. The third-order valence-corrected chi connectivity index (χ3v) is 11.2. The van der Waals surface area contributed by atoms with Crippen LogP contribution in [0, 0.1) is 0 Å². The van der Waals surface area contributed by atoms with Crippen LogP contribution < -0.4 is 5.32 Å². The number of carbonyl (C=O) groups excluding carboxylic acids is 1. The van der Waals surface area contributed by atoms with Gasteiger partial charge in [-0.05, 0) is 74.2 Å². The molecule has 4 aromatic rings. The van der Waals surface area contributed by atoms with Gasteiger partial charge in [-0.25, -0.2) is 17.8 Å². The molecule has 1 N–H and O–H groups in total. The number of halogens is 4. The summed E-state index contributed by atoms with van der Waals surface area (Å²) >= 11 is 0. The Kier molecular flexibility index (Phi) is 11.1. The highest BCUT2D eigenvalue weighted by molar-refractivity contribution is 7.90. The van der Waals surface area contributed by atoms with Gasteiger partial charge in [0.2, 0.25) is 0 Å². The van der Waals surface area contributed by atoms with Gasteiger partial charge in [0.1, 0.15) is 6.67 Å². The van der Waals surface area contributed by atoms with Crippen molar-refractivity contribution in [1.82, 2.24) is 20.1 Å². The van der Waals surface area contributed by atoms with Crippen molar-refractivity contribution in [2.45, 2.75) is 68.2 Å². The molecule has 3 heterocycles. The van der Waals surface area contributed by atoms with Crippen LogP contribution in [-0.4, -0.2) is 87.0 Å². The molecule has 0 aliphatic carbocycles. The maximum Gasteiger partial charge on any atom is 0.412 e. The molecule has 13 heteroatoms. The number of hydrogen-bond acceptors (Lipinski definition) is 7. The zero-order valence-electron chi connectivity index (χ0n) is 28.6. The van der Waals surface area contributed by atoms with Gasteiger partial charge in [0, 0.05) is 55.6 Å². The molecule has 0 saturated carbocycles. The van der Waals surface area contributed by atoms with Crippen molar-refractivity contribution in [3.8, 4) is 11.3 Å². The van der Waals surface area contributed by atoms with Gasteiger partial charge in [-0.3, -0.25) is 9.69 Å². The number of nitrogens with zero attached hydrogens (tertiary/aromatic N) is 3. The summed E-state index contributed by atoms with van der Waals surface area (Å²) in [6.07, 6.45) is 0.103. The van der Waals surface area contributed by atoms with Gasteiger partial charge < -0.3 is 15.0 Å². The predicted molar refractivity (Wildman–Crippen MR) is 188 cm³/mol. The van der Waals surface area contributed by atoms with Crippen molar-refractivity contribution in [3.05, 3.63) is 95.1 Å². The van der Waals surface area contributed by atoms with Crippen LogP contribution in [0.5, 0.6) is 0 Å². The lowest BCUT2D eigenvalue weighted by molar-refractivity contribution is -0.155. The van der Waals surface area contributed by atoms with Crippen LogP contribution in [0.1, 0.15) is 58.8 Å². The first-order valence-corrected chi connectivity index (χ1v) is 19.0. The molecule has 2 fully saturated rings. The molecule has 3 aromatic carbocycles. The highest BCUT2D eigenvalue weighted by Gasteiger charge is 2.42. The van der Waals surface area contributed by atoms with Crippen LogP contribution in [0.3, 0.4) is 0 Å². The molecule has 8 nitrogen and oxygen atoms in total. The molecule has 0 radical (unpaired) electrons. The molecule has 1 aromatic heterocycles. The molecular weight excluding hydrogens is 685 g/mol. The summed E-state index contributed by atoms with van der Waals surface area (Å²) in [5.41, 5.74) is 1.51. The standard InChI is InChI=1S/C38H42F4N4O4S/c1-50-29-15-19-46(20-16-29)28-13-17-45(18-14-28)24-32-34(37(47)44-36(38(40,41)42)26-8-4-3-5-9-26)31-22-30(51(2,48)49)11-12-33(31)43-35(32)27-10-6-7-25(21-27)23-39/h3-12,21-22,28-29,36H,13-20,23-24H2,1-2H3,(H,44,47)/t36-/m1/s1. The lowest BCUT2D eigenvalue weighted by atomic mass is 9.93. The van der Waals surface area contributed by atoms with Crippen molar-refractivity contribution in [2.75, 3.05) is 39.5 Å². The van der Waals surface area contributed by atoms with Crippen molar-refractivity contribution < 1.29 is 35.5 Å². The second kappa shape index (κ2) is 15.4. The molecule has 0 unspecified atom stereocenters. The quantitative estimate of drug-likeness (QED) is 0.178. The molecule has 1 atom stereocenters. The highest BCUT2D eigenvalue weighted by Crippen LogP contribution is 2.37. The molecule has 6 rings (SSSR count). The Balaban J connectivity index is 1.46. The lowest BCUT2D eigenvalue weighted by Gasteiger charge is -2.41. The van der Waals surface area contributed by atoms with E-state index < -0.39 is 34.6 Å². The third-order valence-electron chi connectivity index (χ3n) is 10.1. The number of piperidine rings is 2. The Labute approximate surface area is 295 Å². The molecule has 1 amide bonds. The number of methoxy groups -OCH3 is 1. The normalized spacial score (nSPS) is 17.8. The zero-order valence-corrected chi connectivity index (χ0v) is 29.4. The van der Waals surface area contributed by atoms with Gasteiger partial charge in [0.25, 0.3) is 5.91 Å². The highest BCUT2D eigenvalue weighted by atomic mass is 32.2. The van der Waals surface area contributed by atoms with E-state index in [1.165, 1.54) is 42.5 Å². The fourth-order valence-electron chi connectivity index (χ4n) is 7.31. The predicted octanol–water partition coefficient (Wildman–Crippen LogP) is 6.88. The van der Waals surface area contributed by atoms with Gasteiger partial charge in [0.15, 0.2) is 15.9 Å². The van der Waals surface area contributed by atoms with Crippen LogP contribution in [0.2, 0.25) is 0 Å². The summed E-state index contributed by atoms with van der Waals surface area (Å²) in [6, 6.07) is 15.9. The number of sulfone groups is 1. The van der Waals surface area contributed by atoms with Crippen molar-refractivity contribution in [1.29, 1.82) is 0 Å². The Morgan fingerprint density at radius 2 is 1.67 bits per heavy atom. The van der Waals surface area contributed by atoms with Crippen LogP contribution in [0.25, 0.3) is 22.2 Å². The van der Waals surface area contributed by atoms with Crippen LogP contribution >= 0.6 is 0 Å². The first-order chi connectivity index (χ1) is 24.4. The summed E-state index contributed by atoms with van der Waals surface area (Å²) in [6.45, 7) is 2.63. The number of ether oxygens (including phenoxy) is 1. The number of nitrogens with one attached hydrogen (secondary N) is 1. The molecule has 2 aliphatic heterocycles. The Morgan fingerprint density at radius 3 is 2.29 bits per heavy atom. The van der Waals surface area contributed by atoms with E-state index >= 15 is 0 Å². The molecule has 0 spiro atoms. The second-order valence-corrected chi connectivity index (χ2v) is 15.5. The summed E-state index contributed by atoms with van der Waals surface area (Å²) in [4.78, 5) is 23.9. The van der Waals surface area contributed by atoms with E-state index in [9.17, 15) is 30.8 Å². The van der Waals surface area contributed by atoms with E-state index in [-0.39, 0.29) is 39.6 Å². The van der Waals surface area contributed by atoms with Gasteiger partial charge in [0.05, 0.1) is 27.8 Å². The lowest BCUT2D eigenvalue weighted by Crippen LogP contribution is -2.48. The average molecular weight is 727 g/mol. The van der Waals surface area contributed by atoms with Gasteiger partial charge in [-0.15, -0.1) is 0 Å². The van der Waals surface area contributed by atoms with Gasteiger partial charge >= 0.3 is 6.18 Å². The molecule has 51 heavy (non-hydrogen) atoms. The third kappa shape index (κ3) is 8.43. The zero-order chi connectivity index (χ0) is 36.3. The Morgan fingerprint density at radius 1 is 0.961 bits per heavy atom. The minimum atomic E-state index is -4.84.